The van der Waals surface area contributed by atoms with Gasteiger partial charge in [0.15, 0.2) is 11.5 Å². The maximum atomic E-state index is 5.67. The average Bonchev–Trinajstić information content (AvgIpc) is 2.23. The Morgan fingerprint density at radius 2 is 1.67 bits per heavy atom. The van der Waals surface area contributed by atoms with Gasteiger partial charge in [-0.1, -0.05) is 13.0 Å². The molecule has 0 heterocycles. The van der Waals surface area contributed by atoms with Crippen molar-refractivity contribution >= 4 is 0 Å². The summed E-state index contributed by atoms with van der Waals surface area (Å²) in [5.74, 6) is 1.78. The maximum absolute atomic E-state index is 5.67. The first-order valence-electron chi connectivity index (χ1n) is 5.62. The average molecular weight is 208 g/mol. The van der Waals surface area contributed by atoms with Crippen molar-refractivity contribution in [3.8, 4) is 11.5 Å². The van der Waals surface area contributed by atoms with Gasteiger partial charge >= 0.3 is 0 Å². The predicted octanol–water partition coefficient (Wildman–Crippen LogP) is 3.35. The maximum Gasteiger partial charge on any atom is 0.164 e. The number of rotatable bonds is 5. The van der Waals surface area contributed by atoms with E-state index < -0.39 is 0 Å². The molecule has 0 spiro atoms. The minimum absolute atomic E-state index is 0.673. The highest BCUT2D eigenvalue weighted by atomic mass is 16.5. The molecule has 0 N–H and O–H groups in total. The lowest BCUT2D eigenvalue weighted by molar-refractivity contribution is 0.285. The minimum Gasteiger partial charge on any atom is -0.490 e. The minimum atomic E-state index is 0.673. The van der Waals surface area contributed by atoms with Crippen LogP contribution in [0.25, 0.3) is 0 Å². The van der Waals surface area contributed by atoms with Crippen molar-refractivity contribution in [3.05, 3.63) is 23.3 Å². The first kappa shape index (κ1) is 11.9. The molecule has 15 heavy (non-hydrogen) atoms. The van der Waals surface area contributed by atoms with Crippen LogP contribution in [0.4, 0.5) is 0 Å². The van der Waals surface area contributed by atoms with E-state index in [0.717, 1.165) is 17.9 Å². The molecule has 0 aromatic heterocycles. The number of hydrogen-bond donors (Lipinski definition) is 0. The van der Waals surface area contributed by atoms with Gasteiger partial charge in [0.2, 0.25) is 0 Å². The van der Waals surface area contributed by atoms with E-state index >= 15 is 0 Å². The van der Waals surface area contributed by atoms with Crippen LogP contribution in [0.15, 0.2) is 12.1 Å². The van der Waals surface area contributed by atoms with E-state index in [1.165, 1.54) is 11.1 Å². The molecule has 0 aliphatic heterocycles. The van der Waals surface area contributed by atoms with E-state index in [1.807, 2.05) is 19.9 Å². The Morgan fingerprint density at radius 3 is 2.20 bits per heavy atom. The monoisotopic (exact) mass is 208 g/mol. The molecular formula is C13H20O2. The molecule has 0 bridgehead atoms. The van der Waals surface area contributed by atoms with E-state index in [2.05, 4.69) is 19.9 Å². The zero-order valence-corrected chi connectivity index (χ0v) is 10.1. The molecule has 0 atom stereocenters. The molecule has 0 aliphatic carbocycles. The van der Waals surface area contributed by atoms with Crippen molar-refractivity contribution in [1.82, 2.24) is 0 Å². The highest BCUT2D eigenvalue weighted by Crippen LogP contribution is 2.34. The van der Waals surface area contributed by atoms with Crippen molar-refractivity contribution in [2.45, 2.75) is 34.1 Å². The molecule has 0 radical (unpaired) electrons. The van der Waals surface area contributed by atoms with Gasteiger partial charge in [-0.3, -0.25) is 0 Å². The van der Waals surface area contributed by atoms with Crippen molar-refractivity contribution < 1.29 is 9.47 Å². The summed E-state index contributed by atoms with van der Waals surface area (Å²) in [6.07, 6.45) is 0.974. The first-order valence-corrected chi connectivity index (χ1v) is 5.62. The quantitative estimate of drug-likeness (QED) is 0.738. The summed E-state index contributed by atoms with van der Waals surface area (Å²) in [4.78, 5) is 0. The second kappa shape index (κ2) is 5.64. The van der Waals surface area contributed by atoms with E-state index in [-0.39, 0.29) is 0 Å². The number of aryl methyl sites for hydroxylation is 1. The second-order valence-corrected chi connectivity index (χ2v) is 3.41. The molecule has 0 aliphatic rings. The summed E-state index contributed by atoms with van der Waals surface area (Å²) in [7, 11) is 0. The van der Waals surface area contributed by atoms with Crippen molar-refractivity contribution in [2.75, 3.05) is 13.2 Å². The van der Waals surface area contributed by atoms with Gasteiger partial charge in [-0.05, 0) is 38.8 Å². The SMILES string of the molecule is CCOc1ccc(C)c(CC)c1OCC. The fourth-order valence-corrected chi connectivity index (χ4v) is 1.72. The summed E-state index contributed by atoms with van der Waals surface area (Å²) in [6, 6.07) is 4.08. The van der Waals surface area contributed by atoms with Crippen LogP contribution < -0.4 is 9.47 Å². The van der Waals surface area contributed by atoms with E-state index in [1.54, 1.807) is 0 Å². The van der Waals surface area contributed by atoms with Gasteiger partial charge in [0.1, 0.15) is 0 Å². The third-order valence-electron chi connectivity index (χ3n) is 2.40. The summed E-state index contributed by atoms with van der Waals surface area (Å²) in [5.41, 5.74) is 2.52. The zero-order chi connectivity index (χ0) is 11.3. The lowest BCUT2D eigenvalue weighted by atomic mass is 10.0. The van der Waals surface area contributed by atoms with Crippen LogP contribution in [0.1, 0.15) is 31.9 Å². The van der Waals surface area contributed by atoms with Crippen LogP contribution in [-0.4, -0.2) is 13.2 Å². The molecule has 0 unspecified atom stereocenters. The number of ether oxygens (including phenoxy) is 2. The second-order valence-electron chi connectivity index (χ2n) is 3.41. The Bertz CT molecular complexity index is 319. The normalized spacial score (nSPS) is 10.1. The van der Waals surface area contributed by atoms with Crippen molar-refractivity contribution in [3.63, 3.8) is 0 Å². The predicted molar refractivity (Wildman–Crippen MR) is 62.9 cm³/mol. The first-order chi connectivity index (χ1) is 7.24. The summed E-state index contributed by atoms with van der Waals surface area (Å²) < 4.78 is 11.2. The van der Waals surface area contributed by atoms with Gasteiger partial charge in [0.05, 0.1) is 13.2 Å². The standard InChI is InChI=1S/C13H20O2/c1-5-11-10(4)8-9-12(14-6-2)13(11)15-7-3/h8-9H,5-7H2,1-4H3. The molecular weight excluding hydrogens is 188 g/mol. The van der Waals surface area contributed by atoms with Gasteiger partial charge in [-0.2, -0.15) is 0 Å². The highest BCUT2D eigenvalue weighted by molar-refractivity contribution is 5.50. The van der Waals surface area contributed by atoms with Gasteiger partial charge in [0, 0.05) is 5.56 Å². The topological polar surface area (TPSA) is 18.5 Å². The highest BCUT2D eigenvalue weighted by Gasteiger charge is 2.11. The van der Waals surface area contributed by atoms with Crippen LogP contribution in [0, 0.1) is 6.92 Å². The van der Waals surface area contributed by atoms with Gasteiger partial charge in [-0.15, -0.1) is 0 Å². The van der Waals surface area contributed by atoms with Crippen LogP contribution in [-0.2, 0) is 6.42 Å². The lowest BCUT2D eigenvalue weighted by Crippen LogP contribution is -2.02. The zero-order valence-electron chi connectivity index (χ0n) is 10.1. The molecule has 84 valence electrons. The molecule has 0 saturated carbocycles. The summed E-state index contributed by atoms with van der Waals surface area (Å²) in [6.45, 7) is 9.58. The van der Waals surface area contributed by atoms with E-state index in [4.69, 9.17) is 9.47 Å². The summed E-state index contributed by atoms with van der Waals surface area (Å²) >= 11 is 0. The number of benzene rings is 1. The third-order valence-corrected chi connectivity index (χ3v) is 2.40. The Morgan fingerprint density at radius 1 is 1.00 bits per heavy atom. The largest absolute Gasteiger partial charge is 0.490 e. The Hall–Kier alpha value is -1.18. The smallest absolute Gasteiger partial charge is 0.164 e. The van der Waals surface area contributed by atoms with Gasteiger partial charge < -0.3 is 9.47 Å². The lowest BCUT2D eigenvalue weighted by Gasteiger charge is -2.16. The summed E-state index contributed by atoms with van der Waals surface area (Å²) in [5, 5.41) is 0. The van der Waals surface area contributed by atoms with Crippen LogP contribution in [0.2, 0.25) is 0 Å². The molecule has 2 nitrogen and oxygen atoms in total. The van der Waals surface area contributed by atoms with Gasteiger partial charge in [-0.25, -0.2) is 0 Å². The molecule has 2 heteroatoms. The Balaban J connectivity index is 3.15. The molecule has 0 saturated heterocycles. The Kier molecular flexibility index (Phi) is 4.47. The van der Waals surface area contributed by atoms with Crippen LogP contribution in [0.5, 0.6) is 11.5 Å². The number of hydrogen-bond acceptors (Lipinski definition) is 2. The molecule has 0 amide bonds. The van der Waals surface area contributed by atoms with Crippen molar-refractivity contribution in [2.24, 2.45) is 0 Å². The van der Waals surface area contributed by atoms with Gasteiger partial charge in [0.25, 0.3) is 0 Å². The molecule has 1 aromatic carbocycles. The van der Waals surface area contributed by atoms with Crippen molar-refractivity contribution in [1.29, 1.82) is 0 Å². The van der Waals surface area contributed by atoms with E-state index in [0.29, 0.717) is 13.2 Å². The fraction of sp³-hybridized carbons (Fsp3) is 0.538. The van der Waals surface area contributed by atoms with Crippen LogP contribution in [0.3, 0.4) is 0 Å². The third kappa shape index (κ3) is 2.65. The fourth-order valence-electron chi connectivity index (χ4n) is 1.72. The molecule has 1 aromatic rings. The van der Waals surface area contributed by atoms with Crippen LogP contribution >= 0.6 is 0 Å². The van der Waals surface area contributed by atoms with E-state index in [9.17, 15) is 0 Å². The molecule has 0 fully saturated rings. The Labute approximate surface area is 92.2 Å². The molecule has 1 rings (SSSR count).